The van der Waals surface area contributed by atoms with Gasteiger partial charge in [0.2, 0.25) is 5.89 Å². The van der Waals surface area contributed by atoms with Crippen LogP contribution in [-0.4, -0.2) is 23.4 Å². The van der Waals surface area contributed by atoms with Gasteiger partial charge < -0.3 is 13.7 Å². The summed E-state index contributed by atoms with van der Waals surface area (Å²) < 4.78 is 16.1. The van der Waals surface area contributed by atoms with Crippen LogP contribution in [0.15, 0.2) is 27.3 Å². The van der Waals surface area contributed by atoms with Crippen LogP contribution in [0.2, 0.25) is 0 Å². The first-order chi connectivity index (χ1) is 8.92. The standard InChI is InChI=1S/C13H14N2O3/c1-2-11(17-4-1)9-6-10(9)13-14-12(15-18-13)8-3-5-16-7-8/h1-2,4,8-10H,3,5-7H2/t8-,9+,10+/m0/s1. The number of furan rings is 1. The molecule has 0 spiro atoms. The quantitative estimate of drug-likeness (QED) is 0.832. The Balaban J connectivity index is 1.50. The molecule has 5 nitrogen and oxygen atoms in total. The molecular formula is C13H14N2O3. The smallest absolute Gasteiger partial charge is 0.230 e. The average molecular weight is 246 g/mol. The Morgan fingerprint density at radius 3 is 3.06 bits per heavy atom. The first-order valence-corrected chi connectivity index (χ1v) is 6.36. The van der Waals surface area contributed by atoms with E-state index in [1.54, 1.807) is 6.26 Å². The third kappa shape index (κ3) is 1.66. The molecule has 0 aromatic carbocycles. The van der Waals surface area contributed by atoms with Gasteiger partial charge in [0.05, 0.1) is 12.9 Å². The third-order valence-electron chi connectivity index (χ3n) is 3.77. The molecule has 94 valence electrons. The van der Waals surface area contributed by atoms with Gasteiger partial charge in [0.25, 0.3) is 0 Å². The first-order valence-electron chi connectivity index (χ1n) is 6.36. The number of nitrogens with zero attached hydrogens (tertiary/aromatic N) is 2. The highest BCUT2D eigenvalue weighted by Gasteiger charge is 2.45. The molecule has 1 saturated heterocycles. The molecule has 5 heteroatoms. The van der Waals surface area contributed by atoms with Gasteiger partial charge in [-0.1, -0.05) is 5.16 Å². The Morgan fingerprint density at radius 2 is 2.28 bits per heavy atom. The summed E-state index contributed by atoms with van der Waals surface area (Å²) in [6.45, 7) is 1.51. The van der Waals surface area contributed by atoms with Crippen LogP contribution in [0, 0.1) is 0 Å². The van der Waals surface area contributed by atoms with Crippen LogP contribution in [0.1, 0.15) is 48.1 Å². The van der Waals surface area contributed by atoms with Gasteiger partial charge in [-0.15, -0.1) is 0 Å². The van der Waals surface area contributed by atoms with E-state index in [1.165, 1.54) is 0 Å². The molecule has 3 atom stereocenters. The number of ether oxygens (including phenoxy) is 1. The molecule has 1 aliphatic heterocycles. The summed E-state index contributed by atoms with van der Waals surface area (Å²) in [4.78, 5) is 4.51. The maximum atomic E-state index is 5.41. The topological polar surface area (TPSA) is 61.3 Å². The second-order valence-corrected chi connectivity index (χ2v) is 5.02. The Kier molecular flexibility index (Phi) is 2.26. The zero-order valence-electron chi connectivity index (χ0n) is 9.91. The molecule has 1 aliphatic carbocycles. The molecule has 0 radical (unpaired) electrons. The molecule has 2 aliphatic rings. The predicted octanol–water partition coefficient (Wildman–Crippen LogP) is 2.44. The second kappa shape index (κ2) is 3.95. The van der Waals surface area contributed by atoms with Crippen LogP contribution in [0.5, 0.6) is 0 Å². The van der Waals surface area contributed by atoms with E-state index >= 15 is 0 Å². The summed E-state index contributed by atoms with van der Waals surface area (Å²) in [7, 11) is 0. The molecular weight excluding hydrogens is 232 g/mol. The Bertz CT molecular complexity index is 528. The fourth-order valence-corrected chi connectivity index (χ4v) is 2.59. The number of hydrogen-bond acceptors (Lipinski definition) is 5. The lowest BCUT2D eigenvalue weighted by atomic mass is 10.1. The second-order valence-electron chi connectivity index (χ2n) is 5.02. The molecule has 3 heterocycles. The summed E-state index contributed by atoms with van der Waals surface area (Å²) in [6, 6.07) is 3.92. The molecule has 0 unspecified atom stereocenters. The van der Waals surface area contributed by atoms with Crippen LogP contribution in [0.25, 0.3) is 0 Å². The highest BCUT2D eigenvalue weighted by Crippen LogP contribution is 2.54. The van der Waals surface area contributed by atoms with E-state index in [0.29, 0.717) is 24.4 Å². The molecule has 0 N–H and O–H groups in total. The van der Waals surface area contributed by atoms with Gasteiger partial charge in [0, 0.05) is 24.4 Å². The zero-order valence-corrected chi connectivity index (χ0v) is 9.91. The first kappa shape index (κ1) is 10.3. The van der Waals surface area contributed by atoms with Gasteiger partial charge in [0.1, 0.15) is 5.76 Å². The lowest BCUT2D eigenvalue weighted by Gasteiger charge is -1.97. The molecule has 0 amide bonds. The van der Waals surface area contributed by atoms with E-state index in [4.69, 9.17) is 13.7 Å². The fraction of sp³-hybridized carbons (Fsp3) is 0.538. The predicted molar refractivity (Wildman–Crippen MR) is 61.3 cm³/mol. The van der Waals surface area contributed by atoms with Crippen LogP contribution >= 0.6 is 0 Å². The van der Waals surface area contributed by atoms with Gasteiger partial charge in [0.15, 0.2) is 5.82 Å². The molecule has 4 rings (SSSR count). The van der Waals surface area contributed by atoms with E-state index in [2.05, 4.69) is 10.1 Å². The maximum Gasteiger partial charge on any atom is 0.230 e. The minimum absolute atomic E-state index is 0.309. The van der Waals surface area contributed by atoms with E-state index < -0.39 is 0 Å². The normalized spacial score (nSPS) is 30.8. The Morgan fingerprint density at radius 1 is 1.28 bits per heavy atom. The molecule has 18 heavy (non-hydrogen) atoms. The summed E-state index contributed by atoms with van der Waals surface area (Å²) in [5.41, 5.74) is 0. The summed E-state index contributed by atoms with van der Waals surface area (Å²) in [5.74, 6) is 3.62. The molecule has 2 aromatic heterocycles. The van der Waals surface area contributed by atoms with Crippen molar-refractivity contribution < 1.29 is 13.7 Å². The number of rotatable bonds is 3. The van der Waals surface area contributed by atoms with Crippen molar-refractivity contribution in [3.05, 3.63) is 35.9 Å². The van der Waals surface area contributed by atoms with Crippen molar-refractivity contribution >= 4 is 0 Å². The minimum atomic E-state index is 0.309. The van der Waals surface area contributed by atoms with Gasteiger partial charge in [-0.05, 0) is 25.0 Å². The van der Waals surface area contributed by atoms with E-state index in [-0.39, 0.29) is 0 Å². The highest BCUT2D eigenvalue weighted by atomic mass is 16.5. The third-order valence-corrected chi connectivity index (χ3v) is 3.77. The maximum absolute atomic E-state index is 5.41. The molecule has 0 bridgehead atoms. The van der Waals surface area contributed by atoms with Gasteiger partial charge in [-0.25, -0.2) is 0 Å². The van der Waals surface area contributed by atoms with Gasteiger partial charge in [-0.2, -0.15) is 4.98 Å². The van der Waals surface area contributed by atoms with Gasteiger partial charge >= 0.3 is 0 Å². The largest absolute Gasteiger partial charge is 0.469 e. The number of hydrogen-bond donors (Lipinski definition) is 0. The molecule has 2 aromatic rings. The van der Waals surface area contributed by atoms with Gasteiger partial charge in [-0.3, -0.25) is 0 Å². The van der Waals surface area contributed by atoms with Crippen LogP contribution in [-0.2, 0) is 4.74 Å². The van der Waals surface area contributed by atoms with Crippen molar-refractivity contribution in [2.24, 2.45) is 0 Å². The fourth-order valence-electron chi connectivity index (χ4n) is 2.59. The lowest BCUT2D eigenvalue weighted by Crippen LogP contribution is -1.99. The Labute approximate surface area is 104 Å². The molecule has 2 fully saturated rings. The van der Waals surface area contributed by atoms with E-state index in [0.717, 1.165) is 36.9 Å². The van der Waals surface area contributed by atoms with Crippen molar-refractivity contribution in [1.29, 1.82) is 0 Å². The zero-order chi connectivity index (χ0) is 11.9. The highest BCUT2D eigenvalue weighted by molar-refractivity contribution is 5.23. The monoisotopic (exact) mass is 246 g/mol. The van der Waals surface area contributed by atoms with Crippen molar-refractivity contribution in [1.82, 2.24) is 10.1 Å². The van der Waals surface area contributed by atoms with Crippen molar-refractivity contribution in [3.8, 4) is 0 Å². The van der Waals surface area contributed by atoms with Crippen molar-refractivity contribution in [2.75, 3.05) is 13.2 Å². The summed E-state index contributed by atoms with van der Waals surface area (Å²) >= 11 is 0. The van der Waals surface area contributed by atoms with Crippen molar-refractivity contribution in [3.63, 3.8) is 0 Å². The van der Waals surface area contributed by atoms with Crippen LogP contribution in [0.4, 0.5) is 0 Å². The summed E-state index contributed by atoms with van der Waals surface area (Å²) in [5, 5.41) is 4.08. The summed E-state index contributed by atoms with van der Waals surface area (Å²) in [6.07, 6.45) is 3.74. The Hall–Kier alpha value is -1.62. The molecule has 1 saturated carbocycles. The minimum Gasteiger partial charge on any atom is -0.469 e. The van der Waals surface area contributed by atoms with Crippen LogP contribution < -0.4 is 0 Å². The van der Waals surface area contributed by atoms with E-state index in [1.807, 2.05) is 12.1 Å². The SMILES string of the molecule is c1coc([C@@H]2C[C@H]2c2nc([C@H]3CCOC3)no2)c1. The average Bonchev–Trinajstić information content (AvgIpc) is 2.96. The van der Waals surface area contributed by atoms with E-state index in [9.17, 15) is 0 Å². The van der Waals surface area contributed by atoms with Crippen molar-refractivity contribution in [2.45, 2.75) is 30.6 Å². The van der Waals surface area contributed by atoms with Crippen LogP contribution in [0.3, 0.4) is 0 Å². The lowest BCUT2D eigenvalue weighted by molar-refractivity contribution is 0.192. The number of aromatic nitrogens is 2.